The number of halogens is 1. The Bertz CT molecular complexity index is 1320. The number of fused-ring (bicyclic) bond motifs is 1. The molecule has 0 unspecified atom stereocenters. The zero-order valence-electron chi connectivity index (χ0n) is 19.9. The topological polar surface area (TPSA) is 0 Å². The third-order valence-electron chi connectivity index (χ3n) is 6.24. The summed E-state index contributed by atoms with van der Waals surface area (Å²) in [5, 5.41) is 1.52. The van der Waals surface area contributed by atoms with Crippen LogP contribution in [-0.2, 0) is 12.8 Å². The molecular weight excluding hydrogens is 415 g/mol. The van der Waals surface area contributed by atoms with E-state index in [1.807, 2.05) is 36.4 Å². The van der Waals surface area contributed by atoms with Crippen molar-refractivity contribution in [2.75, 3.05) is 0 Å². The van der Waals surface area contributed by atoms with Crippen LogP contribution in [0.1, 0.15) is 54.9 Å². The van der Waals surface area contributed by atoms with Crippen molar-refractivity contribution in [2.24, 2.45) is 0 Å². The quantitative estimate of drug-likeness (QED) is 0.144. The van der Waals surface area contributed by atoms with E-state index in [4.69, 9.17) is 0 Å². The molecule has 0 fully saturated rings. The maximum Gasteiger partial charge on any atom is 0.134 e. The Morgan fingerprint density at radius 1 is 0.765 bits per heavy atom. The molecule has 1 heteroatoms. The number of allylic oxidation sites excluding steroid dienone is 1. The standard InChI is InChI=1S/C33H31F/c1-3-5-7-8-25-12-17-28(18-13-25)29-19-14-26(15-20-29)10-11-27-16-23-32-31(24-27)22-21-30(33(32)34)9-6-4-2/h4,12-24H,2-3,5-9H2,1H3. The molecule has 4 rings (SSSR count). The minimum absolute atomic E-state index is 0.136. The molecule has 0 N–H and O–H groups in total. The molecule has 0 aliphatic heterocycles. The molecule has 4 aromatic rings. The van der Waals surface area contributed by atoms with Gasteiger partial charge in [-0.25, -0.2) is 4.39 Å². The van der Waals surface area contributed by atoms with Crippen molar-refractivity contribution < 1.29 is 4.39 Å². The monoisotopic (exact) mass is 446 g/mol. The van der Waals surface area contributed by atoms with Crippen LogP contribution < -0.4 is 0 Å². The van der Waals surface area contributed by atoms with E-state index in [0.29, 0.717) is 11.8 Å². The zero-order valence-corrected chi connectivity index (χ0v) is 19.9. The maximum atomic E-state index is 14.8. The SMILES string of the molecule is C=CCCc1ccc2cc(C#Cc3ccc(-c4ccc(CCCCC)cc4)cc3)ccc2c1F. The van der Waals surface area contributed by atoms with Crippen molar-refractivity contribution in [3.05, 3.63) is 120 Å². The summed E-state index contributed by atoms with van der Waals surface area (Å²) in [6.45, 7) is 5.96. The minimum Gasteiger partial charge on any atom is -0.206 e. The van der Waals surface area contributed by atoms with Crippen LogP contribution >= 0.6 is 0 Å². The molecule has 0 saturated heterocycles. The first-order chi connectivity index (χ1) is 16.7. The molecule has 0 saturated carbocycles. The molecule has 4 aromatic carbocycles. The second kappa shape index (κ2) is 11.5. The summed E-state index contributed by atoms with van der Waals surface area (Å²) in [4.78, 5) is 0. The van der Waals surface area contributed by atoms with Gasteiger partial charge in [-0.15, -0.1) is 6.58 Å². The van der Waals surface area contributed by atoms with Crippen molar-refractivity contribution in [1.82, 2.24) is 0 Å². The lowest BCUT2D eigenvalue weighted by Crippen LogP contribution is -1.92. The first kappa shape index (κ1) is 23.5. The van der Waals surface area contributed by atoms with Crippen molar-refractivity contribution >= 4 is 10.8 Å². The minimum atomic E-state index is -0.136. The molecule has 0 aromatic heterocycles. The number of benzene rings is 4. The molecule has 0 aliphatic rings. The van der Waals surface area contributed by atoms with Crippen LogP contribution in [0.5, 0.6) is 0 Å². The van der Waals surface area contributed by atoms with Crippen molar-refractivity contribution in [2.45, 2.75) is 45.4 Å². The second-order valence-electron chi connectivity index (χ2n) is 8.78. The van der Waals surface area contributed by atoms with E-state index in [1.54, 1.807) is 0 Å². The largest absolute Gasteiger partial charge is 0.206 e. The van der Waals surface area contributed by atoms with Crippen molar-refractivity contribution in [3.63, 3.8) is 0 Å². The summed E-state index contributed by atoms with van der Waals surface area (Å²) >= 11 is 0. The molecule has 0 spiro atoms. The van der Waals surface area contributed by atoms with E-state index in [-0.39, 0.29) is 5.82 Å². The fraction of sp³-hybridized carbons (Fsp3) is 0.212. The number of rotatable bonds is 8. The lowest BCUT2D eigenvalue weighted by atomic mass is 10.00. The van der Waals surface area contributed by atoms with Crippen LogP contribution in [0.4, 0.5) is 4.39 Å². The molecule has 0 amide bonds. The lowest BCUT2D eigenvalue weighted by Gasteiger charge is -2.06. The third-order valence-corrected chi connectivity index (χ3v) is 6.24. The lowest BCUT2D eigenvalue weighted by molar-refractivity contribution is 0.621. The first-order valence-corrected chi connectivity index (χ1v) is 12.2. The molecule has 0 bridgehead atoms. The Kier molecular flexibility index (Phi) is 7.95. The second-order valence-corrected chi connectivity index (χ2v) is 8.78. The van der Waals surface area contributed by atoms with Crippen molar-refractivity contribution in [1.29, 1.82) is 0 Å². The van der Waals surface area contributed by atoms with Crippen LogP contribution in [0.15, 0.2) is 91.5 Å². The van der Waals surface area contributed by atoms with Crippen LogP contribution in [0.25, 0.3) is 21.9 Å². The number of hydrogen-bond acceptors (Lipinski definition) is 0. The van der Waals surface area contributed by atoms with Gasteiger partial charge in [0, 0.05) is 16.5 Å². The van der Waals surface area contributed by atoms with Gasteiger partial charge in [0.15, 0.2) is 0 Å². The van der Waals surface area contributed by atoms with E-state index in [0.717, 1.165) is 34.9 Å². The van der Waals surface area contributed by atoms with Gasteiger partial charge in [-0.1, -0.05) is 92.3 Å². The molecule has 0 atom stereocenters. The van der Waals surface area contributed by atoms with Crippen LogP contribution in [-0.4, -0.2) is 0 Å². The van der Waals surface area contributed by atoms with Gasteiger partial charge in [-0.2, -0.15) is 0 Å². The summed E-state index contributed by atoms with van der Waals surface area (Å²) in [5.74, 6) is 6.33. The van der Waals surface area contributed by atoms with Crippen LogP contribution in [0.2, 0.25) is 0 Å². The number of unbranched alkanes of at least 4 members (excludes halogenated alkanes) is 2. The number of hydrogen-bond donors (Lipinski definition) is 0. The fourth-order valence-corrected chi connectivity index (χ4v) is 4.20. The highest BCUT2D eigenvalue weighted by Gasteiger charge is 2.07. The molecule has 170 valence electrons. The van der Waals surface area contributed by atoms with Crippen LogP contribution in [0.3, 0.4) is 0 Å². The van der Waals surface area contributed by atoms with E-state index in [9.17, 15) is 4.39 Å². The van der Waals surface area contributed by atoms with Gasteiger partial charge in [0.2, 0.25) is 0 Å². The average molecular weight is 447 g/mol. The smallest absolute Gasteiger partial charge is 0.134 e. The summed E-state index contributed by atoms with van der Waals surface area (Å²) < 4.78 is 14.8. The Morgan fingerprint density at radius 3 is 2.15 bits per heavy atom. The zero-order chi connectivity index (χ0) is 23.8. The molecular formula is C33H31F. The van der Waals surface area contributed by atoms with Crippen molar-refractivity contribution in [3.8, 4) is 23.0 Å². The third kappa shape index (κ3) is 5.83. The van der Waals surface area contributed by atoms with Gasteiger partial charge < -0.3 is 0 Å². The Morgan fingerprint density at radius 2 is 1.44 bits per heavy atom. The van der Waals surface area contributed by atoms with Gasteiger partial charge in [0.25, 0.3) is 0 Å². The predicted molar refractivity (Wildman–Crippen MR) is 144 cm³/mol. The van der Waals surface area contributed by atoms with E-state index in [2.05, 4.69) is 73.9 Å². The fourth-order valence-electron chi connectivity index (χ4n) is 4.20. The summed E-state index contributed by atoms with van der Waals surface area (Å²) in [6.07, 6.45) is 8.22. The van der Waals surface area contributed by atoms with Gasteiger partial charge in [0.1, 0.15) is 5.82 Å². The molecule has 34 heavy (non-hydrogen) atoms. The Labute approximate surface area is 203 Å². The normalized spacial score (nSPS) is 10.6. The maximum absolute atomic E-state index is 14.8. The highest BCUT2D eigenvalue weighted by molar-refractivity contribution is 5.85. The number of aryl methyl sites for hydroxylation is 2. The average Bonchev–Trinajstić information content (AvgIpc) is 2.88. The van der Waals surface area contributed by atoms with E-state index in [1.165, 1.54) is 36.0 Å². The predicted octanol–water partition coefficient (Wildman–Crippen LogP) is 8.90. The highest BCUT2D eigenvalue weighted by Crippen LogP contribution is 2.24. The molecule has 0 heterocycles. The highest BCUT2D eigenvalue weighted by atomic mass is 19.1. The Balaban J connectivity index is 1.46. The van der Waals surface area contributed by atoms with Gasteiger partial charge in [-0.05, 0) is 77.6 Å². The van der Waals surface area contributed by atoms with Gasteiger partial charge in [-0.3, -0.25) is 0 Å². The van der Waals surface area contributed by atoms with Gasteiger partial charge in [0.05, 0.1) is 0 Å². The van der Waals surface area contributed by atoms with E-state index < -0.39 is 0 Å². The summed E-state index contributed by atoms with van der Waals surface area (Å²) in [5.41, 5.74) is 6.40. The van der Waals surface area contributed by atoms with Crippen LogP contribution in [0, 0.1) is 17.7 Å². The first-order valence-electron chi connectivity index (χ1n) is 12.2. The van der Waals surface area contributed by atoms with E-state index >= 15 is 0 Å². The Hall–Kier alpha value is -3.63. The molecule has 0 nitrogen and oxygen atoms in total. The molecule has 0 radical (unpaired) electrons. The summed E-state index contributed by atoms with van der Waals surface area (Å²) in [7, 11) is 0. The van der Waals surface area contributed by atoms with Gasteiger partial charge >= 0.3 is 0 Å². The molecule has 0 aliphatic carbocycles. The summed E-state index contributed by atoms with van der Waals surface area (Å²) in [6, 6.07) is 26.8.